The predicted octanol–water partition coefficient (Wildman–Crippen LogP) is 3.60. The Morgan fingerprint density at radius 1 is 0.850 bits per heavy atom. The van der Waals surface area contributed by atoms with Crippen molar-refractivity contribution in [3.8, 4) is 9.75 Å². The molecule has 2 aromatic rings. The van der Waals surface area contributed by atoms with Crippen molar-refractivity contribution in [2.24, 2.45) is 0 Å². The van der Waals surface area contributed by atoms with Crippen molar-refractivity contribution < 1.29 is 19.1 Å². The Kier molecular flexibility index (Phi) is 4.92. The Morgan fingerprint density at radius 2 is 1.25 bits per heavy atom. The number of carbonyl (C=O) groups excluding carboxylic acids is 2. The minimum Gasteiger partial charge on any atom is -0.460 e. The number of esters is 2. The van der Waals surface area contributed by atoms with E-state index in [4.69, 9.17) is 9.47 Å². The van der Waals surface area contributed by atoms with E-state index in [2.05, 4.69) is 0 Å². The summed E-state index contributed by atoms with van der Waals surface area (Å²) in [5.41, 5.74) is 0. The van der Waals surface area contributed by atoms with E-state index in [9.17, 15) is 9.59 Å². The van der Waals surface area contributed by atoms with Gasteiger partial charge >= 0.3 is 11.9 Å². The first kappa shape index (κ1) is 14.7. The number of carbonyl (C=O) groups is 2. The molecule has 0 radical (unpaired) electrons. The Hall–Kier alpha value is -1.66. The van der Waals surface area contributed by atoms with Gasteiger partial charge in [-0.05, 0) is 24.3 Å². The fourth-order valence-corrected chi connectivity index (χ4v) is 3.45. The average Bonchev–Trinajstić information content (AvgIpc) is 3.02. The molecule has 106 valence electrons. The van der Waals surface area contributed by atoms with Gasteiger partial charge < -0.3 is 9.47 Å². The molecule has 0 saturated heterocycles. The van der Waals surface area contributed by atoms with Crippen LogP contribution in [0.1, 0.15) is 23.6 Å². The van der Waals surface area contributed by atoms with Crippen molar-refractivity contribution in [2.75, 3.05) is 0 Å². The lowest BCUT2D eigenvalue weighted by molar-refractivity contribution is -0.143. The summed E-state index contributed by atoms with van der Waals surface area (Å²) >= 11 is 3.18. The van der Waals surface area contributed by atoms with Crippen LogP contribution in [0.3, 0.4) is 0 Å². The molecule has 0 spiro atoms. The zero-order valence-electron chi connectivity index (χ0n) is 11.2. The van der Waals surface area contributed by atoms with Gasteiger partial charge in [0.15, 0.2) is 0 Å². The summed E-state index contributed by atoms with van der Waals surface area (Å²) in [7, 11) is 0. The highest BCUT2D eigenvalue weighted by atomic mass is 32.1. The maximum atomic E-state index is 10.8. The van der Waals surface area contributed by atoms with E-state index in [1.165, 1.54) is 13.8 Å². The second-order valence-electron chi connectivity index (χ2n) is 4.09. The highest BCUT2D eigenvalue weighted by Gasteiger charge is 2.08. The van der Waals surface area contributed by atoms with Crippen LogP contribution in [0.25, 0.3) is 9.75 Å². The SMILES string of the molecule is CC(=O)OCc1ccc(-c2ccc(COC(C)=O)s2)s1. The van der Waals surface area contributed by atoms with Crippen molar-refractivity contribution in [3.63, 3.8) is 0 Å². The lowest BCUT2D eigenvalue weighted by Gasteiger charge is -1.97. The molecule has 0 aromatic carbocycles. The highest BCUT2D eigenvalue weighted by molar-refractivity contribution is 7.22. The Labute approximate surface area is 125 Å². The molecule has 0 amide bonds. The number of hydrogen-bond donors (Lipinski definition) is 0. The standard InChI is InChI=1S/C14H14O4S2/c1-9(15)17-7-11-3-5-13(19-11)14-6-4-12(20-14)8-18-10(2)16/h3-6H,7-8H2,1-2H3. The van der Waals surface area contributed by atoms with E-state index in [1.807, 2.05) is 24.3 Å². The smallest absolute Gasteiger partial charge is 0.302 e. The molecule has 4 nitrogen and oxygen atoms in total. The van der Waals surface area contributed by atoms with Crippen molar-refractivity contribution in [3.05, 3.63) is 34.0 Å². The maximum absolute atomic E-state index is 10.8. The topological polar surface area (TPSA) is 52.6 Å². The van der Waals surface area contributed by atoms with Crippen molar-refractivity contribution in [1.29, 1.82) is 0 Å². The normalized spacial score (nSPS) is 10.3. The first-order chi connectivity index (χ1) is 9.54. The van der Waals surface area contributed by atoms with Gasteiger partial charge in [0.1, 0.15) is 13.2 Å². The van der Waals surface area contributed by atoms with Crippen LogP contribution in [0.4, 0.5) is 0 Å². The van der Waals surface area contributed by atoms with Crippen LogP contribution < -0.4 is 0 Å². The van der Waals surface area contributed by atoms with Crippen LogP contribution in [0.15, 0.2) is 24.3 Å². The number of ether oxygens (including phenoxy) is 2. The Bertz CT molecular complexity index is 558. The summed E-state index contributed by atoms with van der Waals surface area (Å²) in [4.78, 5) is 25.8. The Balaban J connectivity index is 2.01. The second kappa shape index (κ2) is 6.67. The van der Waals surface area contributed by atoms with Gasteiger partial charge in [0.2, 0.25) is 0 Å². The molecule has 0 fully saturated rings. The van der Waals surface area contributed by atoms with Gasteiger partial charge in [0, 0.05) is 33.4 Å². The molecule has 0 saturated carbocycles. The van der Waals surface area contributed by atoms with E-state index >= 15 is 0 Å². The minimum atomic E-state index is -0.278. The van der Waals surface area contributed by atoms with Gasteiger partial charge in [-0.3, -0.25) is 9.59 Å². The van der Waals surface area contributed by atoms with Gasteiger partial charge in [0.05, 0.1) is 0 Å². The first-order valence-corrected chi connectivity index (χ1v) is 7.62. The van der Waals surface area contributed by atoms with Crippen molar-refractivity contribution in [2.45, 2.75) is 27.1 Å². The summed E-state index contributed by atoms with van der Waals surface area (Å²) in [5, 5.41) is 0. The first-order valence-electron chi connectivity index (χ1n) is 5.99. The summed E-state index contributed by atoms with van der Waals surface area (Å²) in [6.07, 6.45) is 0. The third kappa shape index (κ3) is 4.18. The van der Waals surface area contributed by atoms with E-state index < -0.39 is 0 Å². The van der Waals surface area contributed by atoms with Crippen LogP contribution in [0, 0.1) is 0 Å². The van der Waals surface area contributed by atoms with Gasteiger partial charge in [-0.1, -0.05) is 0 Å². The highest BCUT2D eigenvalue weighted by Crippen LogP contribution is 2.34. The lowest BCUT2D eigenvalue weighted by atomic mass is 10.3. The third-order valence-electron chi connectivity index (χ3n) is 2.40. The molecule has 0 aliphatic rings. The summed E-state index contributed by atoms with van der Waals surface area (Å²) < 4.78 is 9.93. The monoisotopic (exact) mass is 310 g/mol. The number of hydrogen-bond acceptors (Lipinski definition) is 6. The number of thiophene rings is 2. The fourth-order valence-electron chi connectivity index (χ4n) is 1.52. The van der Waals surface area contributed by atoms with E-state index in [0.717, 1.165) is 19.5 Å². The van der Waals surface area contributed by atoms with Gasteiger partial charge in [-0.15, -0.1) is 22.7 Å². The molecule has 6 heteroatoms. The summed E-state index contributed by atoms with van der Waals surface area (Å²) in [5.74, 6) is -0.556. The molecule has 2 rings (SSSR count). The third-order valence-corrected chi connectivity index (χ3v) is 4.71. The molecular weight excluding hydrogens is 296 g/mol. The maximum Gasteiger partial charge on any atom is 0.302 e. The van der Waals surface area contributed by atoms with Crippen molar-refractivity contribution >= 4 is 34.6 Å². The zero-order chi connectivity index (χ0) is 14.5. The predicted molar refractivity (Wildman–Crippen MR) is 78.6 cm³/mol. The molecule has 0 unspecified atom stereocenters. The molecule has 0 N–H and O–H groups in total. The van der Waals surface area contributed by atoms with Crippen molar-refractivity contribution in [1.82, 2.24) is 0 Å². The van der Waals surface area contributed by atoms with Crippen LogP contribution in [0.2, 0.25) is 0 Å². The molecule has 20 heavy (non-hydrogen) atoms. The van der Waals surface area contributed by atoms with E-state index in [1.54, 1.807) is 22.7 Å². The fraction of sp³-hybridized carbons (Fsp3) is 0.286. The second-order valence-corrected chi connectivity index (χ2v) is 6.43. The molecule has 0 atom stereocenters. The zero-order valence-corrected chi connectivity index (χ0v) is 12.8. The van der Waals surface area contributed by atoms with Crippen LogP contribution in [-0.2, 0) is 32.3 Å². The van der Waals surface area contributed by atoms with Gasteiger partial charge in [-0.2, -0.15) is 0 Å². The van der Waals surface area contributed by atoms with Crippen LogP contribution >= 0.6 is 22.7 Å². The molecule has 0 bridgehead atoms. The van der Waals surface area contributed by atoms with E-state index in [-0.39, 0.29) is 11.9 Å². The molecule has 2 aromatic heterocycles. The quantitative estimate of drug-likeness (QED) is 0.792. The average molecular weight is 310 g/mol. The largest absolute Gasteiger partial charge is 0.460 e. The lowest BCUT2D eigenvalue weighted by Crippen LogP contribution is -1.96. The van der Waals surface area contributed by atoms with Gasteiger partial charge in [0.25, 0.3) is 0 Å². The Morgan fingerprint density at radius 3 is 1.60 bits per heavy atom. The minimum absolute atomic E-state index is 0.278. The molecule has 0 aliphatic heterocycles. The molecular formula is C14H14O4S2. The summed E-state index contributed by atoms with van der Waals surface area (Å²) in [6.45, 7) is 3.42. The van der Waals surface area contributed by atoms with Crippen LogP contribution in [0.5, 0.6) is 0 Å². The molecule has 0 aliphatic carbocycles. The van der Waals surface area contributed by atoms with Gasteiger partial charge in [-0.25, -0.2) is 0 Å². The van der Waals surface area contributed by atoms with E-state index in [0.29, 0.717) is 13.2 Å². The van der Waals surface area contributed by atoms with Crippen LogP contribution in [-0.4, -0.2) is 11.9 Å². The molecule has 2 heterocycles. The summed E-state index contributed by atoms with van der Waals surface area (Å²) in [6, 6.07) is 7.92. The number of rotatable bonds is 5.